The highest BCUT2D eigenvalue weighted by atomic mass is 16.5. The van der Waals surface area contributed by atoms with E-state index in [4.69, 9.17) is 4.74 Å². The minimum atomic E-state index is 0.173. The lowest BCUT2D eigenvalue weighted by Crippen LogP contribution is -2.39. The number of nitrogens with one attached hydrogen (secondary N) is 2. The van der Waals surface area contributed by atoms with Gasteiger partial charge >= 0.3 is 0 Å². The van der Waals surface area contributed by atoms with Crippen LogP contribution in [0.15, 0.2) is 6.33 Å². The van der Waals surface area contributed by atoms with E-state index in [1.54, 1.807) is 6.33 Å². The lowest BCUT2D eigenvalue weighted by Gasteiger charge is -2.22. The van der Waals surface area contributed by atoms with E-state index in [1.807, 2.05) is 18.7 Å². The molecule has 0 radical (unpaired) electrons. The molecule has 2 unspecified atom stereocenters. The number of morpholine rings is 1. The maximum absolute atomic E-state index is 5.61. The van der Waals surface area contributed by atoms with Gasteiger partial charge in [0.25, 0.3) is 0 Å². The Morgan fingerprint density at radius 1 is 1.75 bits per heavy atom. The van der Waals surface area contributed by atoms with Crippen LogP contribution in [0.25, 0.3) is 0 Å². The van der Waals surface area contributed by atoms with Crippen LogP contribution < -0.4 is 10.6 Å². The number of ether oxygens (including phenoxy) is 1. The fourth-order valence-electron chi connectivity index (χ4n) is 1.68. The van der Waals surface area contributed by atoms with Crippen molar-refractivity contribution in [2.75, 3.05) is 26.7 Å². The van der Waals surface area contributed by atoms with Crippen molar-refractivity contribution in [2.24, 2.45) is 0 Å². The Morgan fingerprint density at radius 3 is 3.31 bits per heavy atom. The summed E-state index contributed by atoms with van der Waals surface area (Å²) in [5, 5.41) is 10.8. The van der Waals surface area contributed by atoms with Crippen molar-refractivity contribution in [2.45, 2.75) is 25.6 Å². The van der Waals surface area contributed by atoms with E-state index in [1.165, 1.54) is 0 Å². The van der Waals surface area contributed by atoms with Gasteiger partial charge in [-0.05, 0) is 14.0 Å². The van der Waals surface area contributed by atoms with E-state index in [9.17, 15) is 0 Å². The topological polar surface area (TPSA) is 64.0 Å². The van der Waals surface area contributed by atoms with E-state index >= 15 is 0 Å². The summed E-state index contributed by atoms with van der Waals surface area (Å²) in [6, 6.07) is 0. The molecule has 0 bridgehead atoms. The molecule has 2 rings (SSSR count). The standard InChI is InChI=1S/C10H19N5O/c1-8(11-2)15-7-13-10(14-15)5-9-6-12-3-4-16-9/h7-9,11-12H,3-6H2,1-2H3. The van der Waals surface area contributed by atoms with Gasteiger partial charge in [-0.1, -0.05) is 0 Å². The maximum atomic E-state index is 5.61. The zero-order valence-electron chi connectivity index (χ0n) is 9.81. The SMILES string of the molecule is CNC(C)n1cnc(CC2CNCCO2)n1. The summed E-state index contributed by atoms with van der Waals surface area (Å²) >= 11 is 0. The Morgan fingerprint density at radius 2 is 2.62 bits per heavy atom. The predicted octanol–water partition coefficient (Wildman–Crippen LogP) is -0.453. The molecule has 16 heavy (non-hydrogen) atoms. The van der Waals surface area contributed by atoms with E-state index in [-0.39, 0.29) is 12.3 Å². The Labute approximate surface area is 95.4 Å². The second-order valence-electron chi connectivity index (χ2n) is 4.01. The van der Waals surface area contributed by atoms with Crippen LogP contribution >= 0.6 is 0 Å². The van der Waals surface area contributed by atoms with Gasteiger partial charge in [0.1, 0.15) is 12.5 Å². The number of rotatable bonds is 4. The van der Waals surface area contributed by atoms with Crippen LogP contribution in [-0.4, -0.2) is 47.6 Å². The van der Waals surface area contributed by atoms with Gasteiger partial charge < -0.3 is 10.1 Å². The summed E-state index contributed by atoms with van der Waals surface area (Å²) in [5.41, 5.74) is 0. The number of nitrogens with zero attached hydrogens (tertiary/aromatic N) is 3. The van der Waals surface area contributed by atoms with Crippen LogP contribution in [0.1, 0.15) is 18.9 Å². The molecular formula is C10H19N5O. The van der Waals surface area contributed by atoms with Crippen LogP contribution in [-0.2, 0) is 11.2 Å². The molecule has 0 aromatic carbocycles. The molecule has 0 saturated carbocycles. The van der Waals surface area contributed by atoms with E-state index < -0.39 is 0 Å². The summed E-state index contributed by atoms with van der Waals surface area (Å²) in [7, 11) is 1.90. The van der Waals surface area contributed by atoms with Crippen LogP contribution in [0.3, 0.4) is 0 Å². The minimum Gasteiger partial charge on any atom is -0.375 e. The molecule has 6 nitrogen and oxygen atoms in total. The summed E-state index contributed by atoms with van der Waals surface area (Å²) in [4.78, 5) is 4.28. The third kappa shape index (κ3) is 2.78. The van der Waals surface area contributed by atoms with Crippen LogP contribution in [0, 0.1) is 0 Å². The highest BCUT2D eigenvalue weighted by molar-refractivity contribution is 4.87. The molecule has 2 heterocycles. The second-order valence-corrected chi connectivity index (χ2v) is 4.01. The summed E-state index contributed by atoms with van der Waals surface area (Å²) in [6.07, 6.45) is 2.91. The van der Waals surface area contributed by atoms with E-state index in [0.29, 0.717) is 0 Å². The molecule has 0 spiro atoms. The normalized spacial score (nSPS) is 23.2. The molecule has 0 aliphatic carbocycles. The zero-order chi connectivity index (χ0) is 11.4. The highest BCUT2D eigenvalue weighted by Crippen LogP contribution is 2.05. The van der Waals surface area contributed by atoms with Crippen molar-refractivity contribution >= 4 is 0 Å². The van der Waals surface area contributed by atoms with Crippen molar-refractivity contribution in [3.05, 3.63) is 12.2 Å². The van der Waals surface area contributed by atoms with Gasteiger partial charge in [-0.2, -0.15) is 5.10 Å². The molecule has 2 atom stereocenters. The first-order valence-corrected chi connectivity index (χ1v) is 5.69. The lowest BCUT2D eigenvalue weighted by molar-refractivity contribution is 0.0280. The van der Waals surface area contributed by atoms with Gasteiger partial charge in [-0.25, -0.2) is 9.67 Å². The smallest absolute Gasteiger partial charge is 0.153 e. The monoisotopic (exact) mass is 225 g/mol. The number of aromatic nitrogens is 3. The van der Waals surface area contributed by atoms with Crippen molar-refractivity contribution in [1.82, 2.24) is 25.4 Å². The van der Waals surface area contributed by atoms with Gasteiger partial charge in [-0.3, -0.25) is 5.32 Å². The average molecular weight is 225 g/mol. The fraction of sp³-hybridized carbons (Fsp3) is 0.800. The Bertz CT molecular complexity index is 321. The maximum Gasteiger partial charge on any atom is 0.153 e. The third-order valence-corrected chi connectivity index (χ3v) is 2.79. The largest absolute Gasteiger partial charge is 0.375 e. The molecule has 2 N–H and O–H groups in total. The van der Waals surface area contributed by atoms with Gasteiger partial charge in [0.05, 0.1) is 12.7 Å². The van der Waals surface area contributed by atoms with Crippen LogP contribution in [0.4, 0.5) is 0 Å². The van der Waals surface area contributed by atoms with Crippen LogP contribution in [0.2, 0.25) is 0 Å². The first-order valence-electron chi connectivity index (χ1n) is 5.69. The quantitative estimate of drug-likeness (QED) is 0.726. The molecule has 1 saturated heterocycles. The van der Waals surface area contributed by atoms with Crippen molar-refractivity contribution < 1.29 is 4.74 Å². The molecule has 90 valence electrons. The van der Waals surface area contributed by atoms with Gasteiger partial charge in [0.2, 0.25) is 0 Å². The minimum absolute atomic E-state index is 0.173. The summed E-state index contributed by atoms with van der Waals surface area (Å²) in [5.74, 6) is 0.843. The van der Waals surface area contributed by atoms with Crippen LogP contribution in [0.5, 0.6) is 0 Å². The van der Waals surface area contributed by atoms with Crippen molar-refractivity contribution in [3.8, 4) is 0 Å². The highest BCUT2D eigenvalue weighted by Gasteiger charge is 2.16. The molecule has 1 aliphatic heterocycles. The molecule has 1 aromatic rings. The van der Waals surface area contributed by atoms with Gasteiger partial charge in [0, 0.05) is 19.5 Å². The Hall–Kier alpha value is -0.980. The molecule has 1 fully saturated rings. The predicted molar refractivity (Wildman–Crippen MR) is 60.1 cm³/mol. The number of hydrogen-bond donors (Lipinski definition) is 2. The molecule has 1 aliphatic rings. The van der Waals surface area contributed by atoms with E-state index in [0.717, 1.165) is 31.9 Å². The lowest BCUT2D eigenvalue weighted by atomic mass is 10.2. The summed E-state index contributed by atoms with van der Waals surface area (Å²) < 4.78 is 7.44. The molecule has 1 aromatic heterocycles. The Balaban J connectivity index is 1.91. The van der Waals surface area contributed by atoms with Gasteiger partial charge in [-0.15, -0.1) is 0 Å². The summed E-state index contributed by atoms with van der Waals surface area (Å²) in [6.45, 7) is 4.64. The molecule has 6 heteroatoms. The van der Waals surface area contributed by atoms with Crippen molar-refractivity contribution in [1.29, 1.82) is 0 Å². The third-order valence-electron chi connectivity index (χ3n) is 2.79. The van der Waals surface area contributed by atoms with Gasteiger partial charge in [0.15, 0.2) is 5.82 Å². The fourth-order valence-corrected chi connectivity index (χ4v) is 1.68. The second kappa shape index (κ2) is 5.38. The molecule has 0 amide bonds. The van der Waals surface area contributed by atoms with Crippen molar-refractivity contribution in [3.63, 3.8) is 0 Å². The Kier molecular flexibility index (Phi) is 3.87. The average Bonchev–Trinajstić information content (AvgIpc) is 2.78. The first kappa shape index (κ1) is 11.5. The number of hydrogen-bond acceptors (Lipinski definition) is 5. The van der Waals surface area contributed by atoms with E-state index in [2.05, 4.69) is 20.7 Å². The molecular weight excluding hydrogens is 206 g/mol. The zero-order valence-corrected chi connectivity index (χ0v) is 9.81. The first-order chi connectivity index (χ1) is 7.79.